The molecule has 3 aromatic carbocycles. The zero-order valence-corrected chi connectivity index (χ0v) is 18.3. The highest BCUT2D eigenvalue weighted by molar-refractivity contribution is 9.10. The molecule has 0 spiro atoms. The van der Waals surface area contributed by atoms with Crippen molar-refractivity contribution in [3.8, 4) is 11.1 Å². The Labute approximate surface area is 178 Å². The van der Waals surface area contributed by atoms with Gasteiger partial charge in [-0.05, 0) is 61.4 Å². The number of benzene rings is 3. The maximum absolute atomic E-state index is 13.3. The fourth-order valence-corrected chi connectivity index (χ4v) is 5.66. The molecule has 148 valence electrons. The van der Waals surface area contributed by atoms with E-state index in [0.29, 0.717) is 16.9 Å². The fourth-order valence-electron chi connectivity index (χ4n) is 3.65. The Bertz CT molecular complexity index is 1220. The van der Waals surface area contributed by atoms with Crippen LogP contribution < -0.4 is 9.62 Å². The molecule has 4 rings (SSSR count). The lowest BCUT2D eigenvalue weighted by atomic mass is 10.0. The second-order valence-corrected chi connectivity index (χ2v) is 9.84. The van der Waals surface area contributed by atoms with Gasteiger partial charge in [0.05, 0.1) is 10.6 Å². The normalized spacial score (nSPS) is 14.1. The van der Waals surface area contributed by atoms with Gasteiger partial charge >= 0.3 is 0 Å². The van der Waals surface area contributed by atoms with Gasteiger partial charge in [0.2, 0.25) is 5.91 Å². The van der Waals surface area contributed by atoms with Crippen LogP contribution >= 0.6 is 15.9 Å². The van der Waals surface area contributed by atoms with E-state index in [1.807, 2.05) is 44.2 Å². The number of fused-ring (bicyclic) bond motifs is 3. The highest BCUT2D eigenvalue weighted by atomic mass is 79.9. The second kappa shape index (κ2) is 7.31. The van der Waals surface area contributed by atoms with E-state index in [9.17, 15) is 13.2 Å². The smallest absolute Gasteiger partial charge is 0.265 e. The third-order valence-corrected chi connectivity index (χ3v) is 7.08. The Hall–Kier alpha value is -2.64. The van der Waals surface area contributed by atoms with E-state index >= 15 is 0 Å². The standard InChI is InChI=1S/C22H19BrN2O3S/c1-14-9-15(2)11-17(10-14)24-22(26)13-25-20-8-7-16(23)12-19(20)18-5-3-4-6-21(18)29(25,27)28/h3-12H,13H2,1-2H3,(H,24,26). The minimum absolute atomic E-state index is 0.199. The lowest BCUT2D eigenvalue weighted by molar-refractivity contribution is -0.114. The van der Waals surface area contributed by atoms with Gasteiger partial charge < -0.3 is 5.32 Å². The van der Waals surface area contributed by atoms with Crippen LogP contribution in [0.4, 0.5) is 11.4 Å². The van der Waals surface area contributed by atoms with Crippen LogP contribution in [0.3, 0.4) is 0 Å². The van der Waals surface area contributed by atoms with E-state index in [1.54, 1.807) is 30.3 Å². The first-order valence-corrected chi connectivity index (χ1v) is 11.3. The number of hydrogen-bond acceptors (Lipinski definition) is 3. The number of carbonyl (C=O) groups excluding carboxylic acids is 1. The summed E-state index contributed by atoms with van der Waals surface area (Å²) in [7, 11) is -3.86. The van der Waals surface area contributed by atoms with Crippen LogP contribution in [0.2, 0.25) is 0 Å². The molecule has 0 bridgehead atoms. The molecule has 1 aliphatic rings. The Kier molecular flexibility index (Phi) is 4.96. The molecule has 0 fully saturated rings. The number of aryl methyl sites for hydroxylation is 2. The van der Waals surface area contributed by atoms with Crippen LogP contribution in [0.1, 0.15) is 11.1 Å². The molecule has 1 N–H and O–H groups in total. The third-order valence-electron chi connectivity index (χ3n) is 4.77. The lowest BCUT2D eigenvalue weighted by Crippen LogP contribution is -2.40. The Morgan fingerprint density at radius 2 is 1.66 bits per heavy atom. The lowest BCUT2D eigenvalue weighted by Gasteiger charge is -2.31. The van der Waals surface area contributed by atoms with E-state index in [1.165, 1.54) is 4.31 Å². The quantitative estimate of drug-likeness (QED) is 0.592. The molecular formula is C22H19BrN2O3S. The van der Waals surface area contributed by atoms with Crippen LogP contribution in [0.25, 0.3) is 11.1 Å². The van der Waals surface area contributed by atoms with Gasteiger partial charge in [0.25, 0.3) is 10.0 Å². The summed E-state index contributed by atoms with van der Waals surface area (Å²) in [5.41, 5.74) is 4.59. The predicted molar refractivity (Wildman–Crippen MR) is 119 cm³/mol. The largest absolute Gasteiger partial charge is 0.324 e. The first-order valence-electron chi connectivity index (χ1n) is 9.05. The fraction of sp³-hybridized carbons (Fsp3) is 0.136. The zero-order valence-electron chi connectivity index (χ0n) is 15.9. The number of anilines is 2. The van der Waals surface area contributed by atoms with Crippen molar-refractivity contribution in [2.24, 2.45) is 0 Å². The van der Waals surface area contributed by atoms with Gasteiger partial charge in [0.1, 0.15) is 6.54 Å². The van der Waals surface area contributed by atoms with E-state index in [-0.39, 0.29) is 11.4 Å². The van der Waals surface area contributed by atoms with Gasteiger partial charge in [0.15, 0.2) is 0 Å². The van der Waals surface area contributed by atoms with Crippen molar-refractivity contribution in [3.05, 3.63) is 76.3 Å². The minimum Gasteiger partial charge on any atom is -0.324 e. The monoisotopic (exact) mass is 470 g/mol. The molecular weight excluding hydrogens is 452 g/mol. The predicted octanol–water partition coefficient (Wildman–Crippen LogP) is 4.88. The van der Waals surface area contributed by atoms with Gasteiger partial charge in [-0.25, -0.2) is 8.42 Å². The summed E-state index contributed by atoms with van der Waals surface area (Å²) in [6, 6.07) is 17.9. The van der Waals surface area contributed by atoms with Gasteiger partial charge in [-0.1, -0.05) is 40.2 Å². The molecule has 0 atom stereocenters. The molecule has 1 aliphatic heterocycles. The van der Waals surface area contributed by atoms with Crippen LogP contribution in [0.15, 0.2) is 70.0 Å². The van der Waals surface area contributed by atoms with E-state index in [0.717, 1.165) is 21.2 Å². The van der Waals surface area contributed by atoms with Crippen molar-refractivity contribution in [3.63, 3.8) is 0 Å². The molecule has 29 heavy (non-hydrogen) atoms. The van der Waals surface area contributed by atoms with E-state index < -0.39 is 15.9 Å². The average Bonchev–Trinajstić information content (AvgIpc) is 2.64. The van der Waals surface area contributed by atoms with Gasteiger partial charge in [-0.15, -0.1) is 0 Å². The molecule has 0 aromatic heterocycles. The third kappa shape index (κ3) is 3.68. The van der Waals surface area contributed by atoms with Crippen molar-refractivity contribution in [1.29, 1.82) is 0 Å². The van der Waals surface area contributed by atoms with Crippen molar-refractivity contribution in [2.45, 2.75) is 18.7 Å². The maximum atomic E-state index is 13.3. The number of carbonyl (C=O) groups is 1. The maximum Gasteiger partial charge on any atom is 0.265 e. The number of halogens is 1. The van der Waals surface area contributed by atoms with Crippen molar-refractivity contribution < 1.29 is 13.2 Å². The number of sulfonamides is 1. The van der Waals surface area contributed by atoms with Gasteiger partial charge in [-0.3, -0.25) is 9.10 Å². The topological polar surface area (TPSA) is 66.5 Å². The Morgan fingerprint density at radius 3 is 2.38 bits per heavy atom. The number of hydrogen-bond donors (Lipinski definition) is 1. The summed E-state index contributed by atoms with van der Waals surface area (Å²) in [6.45, 7) is 3.59. The van der Waals surface area contributed by atoms with Crippen LogP contribution in [0, 0.1) is 13.8 Å². The molecule has 0 radical (unpaired) electrons. The number of nitrogens with one attached hydrogen (secondary N) is 1. The first kappa shape index (κ1) is 19.7. The molecule has 1 heterocycles. The van der Waals surface area contributed by atoms with Crippen LogP contribution in [0.5, 0.6) is 0 Å². The molecule has 0 saturated heterocycles. The van der Waals surface area contributed by atoms with Crippen molar-refractivity contribution in [1.82, 2.24) is 0 Å². The summed E-state index contributed by atoms with van der Waals surface area (Å²) < 4.78 is 28.6. The van der Waals surface area contributed by atoms with Crippen molar-refractivity contribution >= 4 is 43.2 Å². The summed E-state index contributed by atoms with van der Waals surface area (Å²) in [6.07, 6.45) is 0. The first-order chi connectivity index (χ1) is 13.8. The van der Waals surface area contributed by atoms with Gasteiger partial charge in [-0.2, -0.15) is 0 Å². The molecule has 0 saturated carbocycles. The van der Waals surface area contributed by atoms with E-state index in [2.05, 4.69) is 21.2 Å². The highest BCUT2D eigenvalue weighted by Crippen LogP contribution is 2.43. The van der Waals surface area contributed by atoms with Crippen LogP contribution in [-0.4, -0.2) is 20.9 Å². The minimum atomic E-state index is -3.86. The molecule has 0 aliphatic carbocycles. The van der Waals surface area contributed by atoms with Gasteiger partial charge in [0, 0.05) is 21.3 Å². The SMILES string of the molecule is Cc1cc(C)cc(NC(=O)CN2c3ccc(Br)cc3-c3ccccc3S2(=O)=O)c1. The average molecular weight is 471 g/mol. The highest BCUT2D eigenvalue weighted by Gasteiger charge is 2.35. The summed E-state index contributed by atoms with van der Waals surface area (Å²) >= 11 is 3.45. The second-order valence-electron chi connectivity index (χ2n) is 7.09. The summed E-state index contributed by atoms with van der Waals surface area (Å²) in [5, 5.41) is 2.82. The number of rotatable bonds is 3. The number of nitrogens with zero attached hydrogens (tertiary/aromatic N) is 1. The van der Waals surface area contributed by atoms with Crippen LogP contribution in [-0.2, 0) is 14.8 Å². The molecule has 0 unspecified atom stereocenters. The molecule has 5 nitrogen and oxygen atoms in total. The zero-order chi connectivity index (χ0) is 20.8. The number of amides is 1. The summed E-state index contributed by atoms with van der Waals surface area (Å²) in [4.78, 5) is 13.0. The molecule has 7 heteroatoms. The molecule has 3 aromatic rings. The Morgan fingerprint density at radius 1 is 0.966 bits per heavy atom. The van der Waals surface area contributed by atoms with E-state index in [4.69, 9.17) is 0 Å². The Balaban J connectivity index is 1.73. The molecule has 1 amide bonds. The van der Waals surface area contributed by atoms with Crippen molar-refractivity contribution in [2.75, 3.05) is 16.2 Å². The summed E-state index contributed by atoms with van der Waals surface area (Å²) in [5.74, 6) is -0.396.